The van der Waals surface area contributed by atoms with Crippen LogP contribution >= 0.6 is 0 Å². The minimum atomic E-state index is -0.403. The predicted octanol–water partition coefficient (Wildman–Crippen LogP) is -0.127. The Morgan fingerprint density at radius 3 is 2.78 bits per heavy atom. The number of hydrogen-bond acceptors (Lipinski definition) is 2. The molecule has 2 N–H and O–H groups in total. The number of carbonyl (C=O) groups is 1. The average molecular weight is 124 g/mol. The quantitative estimate of drug-likeness (QED) is 0.486. The summed E-state index contributed by atoms with van der Waals surface area (Å²) in [7, 11) is 0. The Hall–Kier alpha value is -1.12. The molecule has 0 fully saturated rings. The Morgan fingerprint density at radius 1 is 1.67 bits per heavy atom. The Balaban J connectivity index is 2.61. The summed E-state index contributed by atoms with van der Waals surface area (Å²) < 4.78 is 0. The second kappa shape index (κ2) is 2.44. The zero-order valence-electron chi connectivity index (χ0n) is 5.00. The summed E-state index contributed by atoms with van der Waals surface area (Å²) >= 11 is 0. The fourth-order valence-electron chi connectivity index (χ4n) is 0.675. The number of nitrogens with two attached hydrogens (primary N) is 1. The third-order valence-corrected chi connectivity index (χ3v) is 1.15. The first kappa shape index (κ1) is 6.01. The molecular formula is C6H8N2O. The average Bonchev–Trinajstić information content (AvgIpc) is 1.90. The van der Waals surface area contributed by atoms with Gasteiger partial charge < -0.3 is 5.73 Å². The second-order valence-corrected chi connectivity index (χ2v) is 1.83. The summed E-state index contributed by atoms with van der Waals surface area (Å²) in [6, 6.07) is 0. The van der Waals surface area contributed by atoms with E-state index in [0.717, 1.165) is 0 Å². The predicted molar refractivity (Wildman–Crippen MR) is 35.3 cm³/mol. The normalized spacial score (nSPS) is 17.1. The maximum Gasteiger partial charge on any atom is 0.262 e. The van der Waals surface area contributed by atoms with Crippen molar-refractivity contribution in [3.63, 3.8) is 0 Å². The van der Waals surface area contributed by atoms with Crippen LogP contribution in [0.1, 0.15) is 6.42 Å². The Kier molecular flexibility index (Phi) is 1.63. The van der Waals surface area contributed by atoms with Gasteiger partial charge >= 0.3 is 0 Å². The zero-order valence-corrected chi connectivity index (χ0v) is 5.00. The minimum absolute atomic E-state index is 0.403. The van der Waals surface area contributed by atoms with Crippen molar-refractivity contribution >= 4 is 11.6 Å². The van der Waals surface area contributed by atoms with Gasteiger partial charge in [-0.15, -0.1) is 0 Å². The van der Waals surface area contributed by atoms with Crippen molar-refractivity contribution in [3.8, 4) is 0 Å². The van der Waals surface area contributed by atoms with Crippen LogP contribution in [0.2, 0.25) is 0 Å². The van der Waals surface area contributed by atoms with E-state index >= 15 is 0 Å². The van der Waals surface area contributed by atoms with Gasteiger partial charge in [0.25, 0.3) is 5.91 Å². The molecule has 0 saturated heterocycles. The van der Waals surface area contributed by atoms with Crippen molar-refractivity contribution in [1.29, 1.82) is 0 Å². The number of aliphatic imine (C=N–C) groups is 1. The monoisotopic (exact) mass is 124 g/mol. The van der Waals surface area contributed by atoms with Crippen molar-refractivity contribution < 1.29 is 4.79 Å². The van der Waals surface area contributed by atoms with Crippen molar-refractivity contribution in [1.82, 2.24) is 0 Å². The molecule has 0 aromatic heterocycles. The van der Waals surface area contributed by atoms with Crippen LogP contribution in [0.5, 0.6) is 0 Å². The highest BCUT2D eigenvalue weighted by atomic mass is 16.1. The van der Waals surface area contributed by atoms with Gasteiger partial charge in [0.05, 0.1) is 6.54 Å². The van der Waals surface area contributed by atoms with Gasteiger partial charge in [0.1, 0.15) is 5.71 Å². The SMILES string of the molecule is NC(=O)C1=NCC=CC1. The molecule has 1 amide bonds. The largest absolute Gasteiger partial charge is 0.365 e. The molecule has 0 aliphatic carbocycles. The molecule has 48 valence electrons. The molecule has 3 heteroatoms. The van der Waals surface area contributed by atoms with Crippen LogP contribution in [0.3, 0.4) is 0 Å². The zero-order chi connectivity index (χ0) is 6.69. The molecular weight excluding hydrogens is 116 g/mol. The first-order chi connectivity index (χ1) is 4.30. The van der Waals surface area contributed by atoms with E-state index in [9.17, 15) is 4.79 Å². The maximum atomic E-state index is 10.4. The van der Waals surface area contributed by atoms with E-state index < -0.39 is 5.91 Å². The van der Waals surface area contributed by atoms with E-state index in [1.807, 2.05) is 12.2 Å². The van der Waals surface area contributed by atoms with Crippen LogP contribution in [0, 0.1) is 0 Å². The van der Waals surface area contributed by atoms with Crippen LogP contribution in [0.4, 0.5) is 0 Å². The maximum absolute atomic E-state index is 10.4. The summed E-state index contributed by atoms with van der Waals surface area (Å²) in [6.07, 6.45) is 4.40. The summed E-state index contributed by atoms with van der Waals surface area (Å²) in [5, 5.41) is 0. The van der Waals surface area contributed by atoms with Gasteiger partial charge in [0.2, 0.25) is 0 Å². The highest BCUT2D eigenvalue weighted by Crippen LogP contribution is 1.95. The van der Waals surface area contributed by atoms with Gasteiger partial charge in [-0.25, -0.2) is 0 Å². The summed E-state index contributed by atoms with van der Waals surface area (Å²) in [5.41, 5.74) is 5.45. The molecule has 0 aromatic carbocycles. The minimum Gasteiger partial charge on any atom is -0.365 e. The first-order valence-electron chi connectivity index (χ1n) is 2.79. The van der Waals surface area contributed by atoms with Gasteiger partial charge in [-0.2, -0.15) is 0 Å². The smallest absolute Gasteiger partial charge is 0.262 e. The Labute approximate surface area is 53.3 Å². The number of primary amides is 1. The lowest BCUT2D eigenvalue weighted by atomic mass is 10.2. The Morgan fingerprint density at radius 2 is 2.44 bits per heavy atom. The van der Waals surface area contributed by atoms with Crippen molar-refractivity contribution in [2.75, 3.05) is 6.54 Å². The van der Waals surface area contributed by atoms with E-state index in [0.29, 0.717) is 18.7 Å². The lowest BCUT2D eigenvalue weighted by Crippen LogP contribution is -2.23. The molecule has 0 saturated carbocycles. The number of dihydropyridines is 1. The van der Waals surface area contributed by atoms with Crippen molar-refractivity contribution in [2.24, 2.45) is 10.7 Å². The van der Waals surface area contributed by atoms with Crippen LogP contribution in [-0.4, -0.2) is 18.2 Å². The molecule has 9 heavy (non-hydrogen) atoms. The number of allylic oxidation sites excluding steroid dienone is 1. The van der Waals surface area contributed by atoms with E-state index in [1.165, 1.54) is 0 Å². The third-order valence-electron chi connectivity index (χ3n) is 1.15. The fraction of sp³-hybridized carbons (Fsp3) is 0.333. The summed E-state index contributed by atoms with van der Waals surface area (Å²) in [6.45, 7) is 0.596. The third kappa shape index (κ3) is 1.38. The number of carbonyl (C=O) groups excluding carboxylic acids is 1. The molecule has 0 atom stereocenters. The Bertz CT molecular complexity index is 181. The molecule has 1 aliphatic rings. The van der Waals surface area contributed by atoms with Crippen LogP contribution < -0.4 is 5.73 Å². The number of rotatable bonds is 1. The van der Waals surface area contributed by atoms with Crippen LogP contribution in [-0.2, 0) is 4.79 Å². The van der Waals surface area contributed by atoms with Crippen molar-refractivity contribution in [2.45, 2.75) is 6.42 Å². The molecule has 1 heterocycles. The highest BCUT2D eigenvalue weighted by Gasteiger charge is 2.04. The summed E-state index contributed by atoms with van der Waals surface area (Å²) in [5.74, 6) is -0.403. The molecule has 0 unspecified atom stereocenters. The van der Waals surface area contributed by atoms with E-state index in [1.54, 1.807) is 0 Å². The fourth-order valence-corrected chi connectivity index (χ4v) is 0.675. The van der Waals surface area contributed by atoms with Crippen molar-refractivity contribution in [3.05, 3.63) is 12.2 Å². The highest BCUT2D eigenvalue weighted by molar-refractivity contribution is 6.38. The molecule has 0 bridgehead atoms. The topological polar surface area (TPSA) is 55.5 Å². The van der Waals surface area contributed by atoms with Crippen LogP contribution in [0.25, 0.3) is 0 Å². The van der Waals surface area contributed by atoms with E-state index in [4.69, 9.17) is 5.73 Å². The van der Waals surface area contributed by atoms with E-state index in [2.05, 4.69) is 4.99 Å². The number of hydrogen-bond donors (Lipinski definition) is 1. The van der Waals surface area contributed by atoms with Gasteiger partial charge in [0.15, 0.2) is 0 Å². The van der Waals surface area contributed by atoms with Gasteiger partial charge in [-0.05, 0) is 0 Å². The molecule has 0 aromatic rings. The summed E-state index contributed by atoms with van der Waals surface area (Å²) in [4.78, 5) is 14.3. The molecule has 3 nitrogen and oxygen atoms in total. The first-order valence-corrected chi connectivity index (χ1v) is 2.79. The lowest BCUT2D eigenvalue weighted by molar-refractivity contribution is -0.112. The number of nitrogens with zero attached hydrogens (tertiary/aromatic N) is 1. The molecule has 1 rings (SSSR count). The standard InChI is InChI=1S/C6H8N2O/c7-6(9)5-3-1-2-4-8-5/h1-2H,3-4H2,(H2,7,9). The molecule has 0 radical (unpaired) electrons. The van der Waals surface area contributed by atoms with Gasteiger partial charge in [0, 0.05) is 6.42 Å². The van der Waals surface area contributed by atoms with Gasteiger partial charge in [-0.1, -0.05) is 12.2 Å². The number of amides is 1. The molecule has 1 aliphatic heterocycles. The van der Waals surface area contributed by atoms with E-state index in [-0.39, 0.29) is 0 Å². The van der Waals surface area contributed by atoms with Gasteiger partial charge in [-0.3, -0.25) is 9.79 Å². The lowest BCUT2D eigenvalue weighted by Gasteiger charge is -2.00. The van der Waals surface area contributed by atoms with Crippen LogP contribution in [0.15, 0.2) is 17.1 Å². The second-order valence-electron chi connectivity index (χ2n) is 1.83. The molecule has 0 spiro atoms.